The molecule has 6 aromatic carbocycles. The minimum Gasteiger partial charge on any atom is -0.744 e. The monoisotopic (exact) mass is 1050 g/mol. The van der Waals surface area contributed by atoms with Gasteiger partial charge in [0.15, 0.2) is 6.04 Å². The molecule has 26 nitrogen and oxygen atoms in total. The molecule has 0 saturated heterocycles. The van der Waals surface area contributed by atoms with E-state index in [1.54, 1.807) is 6.92 Å². The van der Waals surface area contributed by atoms with E-state index in [-0.39, 0.29) is 145 Å². The van der Waals surface area contributed by atoms with Crippen LogP contribution < -0.4 is 142 Å². The molecule has 1 atom stereocenters. The molecule has 1 aliphatic heterocycles. The fraction of sp³-hybridized carbons (Fsp3) is 0.0789. The van der Waals surface area contributed by atoms with Crippen molar-refractivity contribution in [2.24, 2.45) is 5.10 Å². The number of hydrazone groups is 1. The van der Waals surface area contributed by atoms with Crippen molar-refractivity contribution in [2.45, 2.75) is 32.5 Å². The van der Waals surface area contributed by atoms with Gasteiger partial charge in [-0.25, -0.2) is 39.1 Å². The summed E-state index contributed by atoms with van der Waals surface area (Å²) < 4.78 is 148. The number of hydrogen-bond acceptors (Lipinski definition) is 25. The van der Waals surface area contributed by atoms with Crippen molar-refractivity contribution in [3.8, 4) is 17.2 Å². The maximum atomic E-state index is 13.2. The van der Waals surface area contributed by atoms with Gasteiger partial charge in [-0.2, -0.15) is 10.1 Å². The third kappa shape index (κ3) is 13.8. The number of benzene rings is 6. The van der Waals surface area contributed by atoms with E-state index in [1.165, 1.54) is 37.4 Å². The number of hydrazine groups is 3. The van der Waals surface area contributed by atoms with Crippen molar-refractivity contribution in [3.63, 3.8) is 0 Å². The SMILES string of the molecule is COc1cc(NNc2ccc(S(=O)(=O)[O-])c3cc(S(=O)(=O)[O-])cc(O)c23)c(C)cc1NNc1c(S(=O)(=O)[O-])cc2cc(NNC3C(=O)N(c4ccc(S(=O)(=O)[O-])cc4)N=C3C(=O)[O-])ccc2c1O.[Li+].[Li+].[Li+].[Li+].[Li+]. The van der Waals surface area contributed by atoms with Gasteiger partial charge in [-0.3, -0.25) is 15.6 Å². The van der Waals surface area contributed by atoms with E-state index in [0.717, 1.165) is 42.5 Å². The first-order chi connectivity index (χ1) is 31.7. The van der Waals surface area contributed by atoms with Crippen LogP contribution >= 0.6 is 0 Å². The zero-order valence-corrected chi connectivity index (χ0v) is 42.4. The minimum atomic E-state index is -5.36. The van der Waals surface area contributed by atoms with Crippen LogP contribution in [0.25, 0.3) is 21.5 Å². The van der Waals surface area contributed by atoms with Crippen LogP contribution in [0.3, 0.4) is 0 Å². The average molecular weight is 1050 g/mol. The number of carboxylic acid groups (broad SMARTS) is 1. The number of carbonyl (C=O) groups is 2. The first-order valence-electron chi connectivity index (χ1n) is 18.6. The second-order valence-corrected chi connectivity index (χ2v) is 19.8. The number of hydrogen-bond donors (Lipinski definition) is 8. The molecule has 1 heterocycles. The molecule has 0 saturated carbocycles. The zero-order chi connectivity index (χ0) is 49.8. The Morgan fingerprint density at radius 3 is 1.79 bits per heavy atom. The number of phenolic OH excluding ortho intramolecular Hbond substituents is 2. The number of fused-ring (bicyclic) bond motifs is 2. The van der Waals surface area contributed by atoms with Crippen LogP contribution in [0.1, 0.15) is 5.56 Å². The van der Waals surface area contributed by atoms with E-state index < -0.39 is 106 Å². The van der Waals surface area contributed by atoms with Crippen LogP contribution in [0.2, 0.25) is 0 Å². The van der Waals surface area contributed by atoms with Crippen LogP contribution in [0.4, 0.5) is 34.1 Å². The molecule has 1 aliphatic rings. The third-order valence-corrected chi connectivity index (χ3v) is 13.4. The maximum absolute atomic E-state index is 13.2. The second kappa shape index (κ2) is 24.4. The second-order valence-electron chi connectivity index (χ2n) is 14.3. The number of amides is 1. The average Bonchev–Trinajstić information content (AvgIpc) is 3.58. The Kier molecular flexibility index (Phi) is 21.6. The van der Waals surface area contributed by atoms with Crippen molar-refractivity contribution in [1.82, 2.24) is 5.43 Å². The van der Waals surface area contributed by atoms with Gasteiger partial charge < -0.3 is 59.3 Å². The molecule has 0 spiro atoms. The summed E-state index contributed by atoms with van der Waals surface area (Å²) in [5.74, 6) is -4.41. The van der Waals surface area contributed by atoms with Gasteiger partial charge in [0, 0.05) is 27.9 Å². The molecule has 0 aromatic heterocycles. The standard InChI is InChI=1S/C38H34N8O18S4.5Li/c1-17-11-27(29(64-2)16-26(17)41-40-25-9-10-30(67(58,59)60)24-14-22(66(55,56)57)15-28(47)32(24)25)42-43-33-31(68(61,62)63)13-18-12-19(3-8-23(18)36(33)48)39-44-34-35(38(50)51)45-46(37(34)49)20-4-6-21(7-5-20)65(52,53)54;;;;;/h3-16,34,39-44,47-48H,1-2H3,(H,50,51)(H,52,53,54)(H,55,56,57)(H,58,59,60)(H,61,62,63);;;;;/q;5*+1/p-5. The Labute approximate surface area is 475 Å². The molecule has 0 aliphatic carbocycles. The number of carbonyl (C=O) groups excluding carboxylic acids is 2. The Morgan fingerprint density at radius 2 is 1.23 bits per heavy atom. The molecule has 6 aromatic rings. The molecular weight excluding hydrogens is 1020 g/mol. The van der Waals surface area contributed by atoms with E-state index in [4.69, 9.17) is 4.74 Å². The van der Waals surface area contributed by atoms with Crippen molar-refractivity contribution in [2.75, 3.05) is 39.2 Å². The molecule has 1 amide bonds. The van der Waals surface area contributed by atoms with Gasteiger partial charge in [0.25, 0.3) is 5.91 Å². The predicted octanol–water partition coefficient (Wildman–Crippen LogP) is -14.3. The van der Waals surface area contributed by atoms with Gasteiger partial charge in [-0.15, -0.1) is 0 Å². The summed E-state index contributed by atoms with van der Waals surface area (Å²) in [6, 6.07) is 12.8. The maximum Gasteiger partial charge on any atom is 1.00 e. The third-order valence-electron chi connectivity index (χ3n) is 10.0. The number of methoxy groups -OCH3 is 1. The molecule has 73 heavy (non-hydrogen) atoms. The molecule has 35 heteroatoms. The number of aryl methyl sites for hydroxylation is 1. The number of nitrogens with one attached hydrogen (secondary N) is 6. The van der Waals surface area contributed by atoms with E-state index in [9.17, 15) is 76.8 Å². The summed E-state index contributed by atoms with van der Waals surface area (Å²) in [5, 5.41) is 37.3. The van der Waals surface area contributed by atoms with Gasteiger partial charge >= 0.3 is 94.3 Å². The fourth-order valence-corrected chi connectivity index (χ4v) is 9.15. The number of ether oxygens (including phenoxy) is 1. The Morgan fingerprint density at radius 1 is 0.644 bits per heavy atom. The molecule has 358 valence electrons. The number of aromatic hydroxyl groups is 2. The summed E-state index contributed by atoms with van der Waals surface area (Å²) in [4.78, 5) is 21.6. The van der Waals surface area contributed by atoms with E-state index in [0.29, 0.717) is 22.7 Å². The summed E-state index contributed by atoms with van der Waals surface area (Å²) in [7, 11) is -19.4. The first-order valence-corrected chi connectivity index (χ1v) is 24.2. The van der Waals surface area contributed by atoms with Crippen molar-refractivity contribution < 1.29 is 176 Å². The van der Waals surface area contributed by atoms with Crippen LogP contribution in [-0.2, 0) is 50.1 Å². The molecule has 7 rings (SSSR count). The van der Waals surface area contributed by atoms with Crippen LogP contribution in [-0.4, -0.2) is 92.8 Å². The predicted molar refractivity (Wildman–Crippen MR) is 232 cm³/mol. The number of anilines is 6. The minimum absolute atomic E-state index is 0. The Bertz CT molecular complexity index is 3640. The summed E-state index contributed by atoms with van der Waals surface area (Å²) in [6.07, 6.45) is 0. The van der Waals surface area contributed by atoms with Crippen LogP contribution in [0.5, 0.6) is 17.2 Å². The van der Waals surface area contributed by atoms with E-state index in [2.05, 4.69) is 37.7 Å². The smallest absolute Gasteiger partial charge is 0.744 e. The number of phenols is 2. The molecular formula is C38H29Li5N8O18S4. The Hall–Kier alpha value is -4.56. The van der Waals surface area contributed by atoms with Crippen LogP contribution in [0, 0.1) is 6.92 Å². The number of carboxylic acids is 1. The van der Waals surface area contributed by atoms with Gasteiger partial charge in [0.1, 0.15) is 69.1 Å². The molecule has 0 radical (unpaired) electrons. The van der Waals surface area contributed by atoms with E-state index in [1.807, 2.05) is 0 Å². The van der Waals surface area contributed by atoms with Gasteiger partial charge in [0.2, 0.25) is 0 Å². The quantitative estimate of drug-likeness (QED) is 0.0193. The molecule has 8 N–H and O–H groups in total. The number of nitrogens with zero attached hydrogens (tertiary/aromatic N) is 2. The van der Waals surface area contributed by atoms with Crippen LogP contribution in [0.15, 0.2) is 110 Å². The Balaban J connectivity index is 0.00000365. The van der Waals surface area contributed by atoms with E-state index >= 15 is 0 Å². The van der Waals surface area contributed by atoms with Gasteiger partial charge in [0.05, 0.1) is 55.4 Å². The van der Waals surface area contributed by atoms with Gasteiger partial charge in [-0.05, 0) is 96.7 Å². The van der Waals surface area contributed by atoms with Crippen molar-refractivity contribution in [3.05, 3.63) is 90.5 Å². The molecule has 1 unspecified atom stereocenters. The van der Waals surface area contributed by atoms with Crippen molar-refractivity contribution >= 4 is 114 Å². The number of aliphatic carboxylic acids is 1. The largest absolute Gasteiger partial charge is 1.00 e. The topological polar surface area (TPSA) is 423 Å². The molecule has 0 bridgehead atoms. The molecule has 0 fully saturated rings. The van der Waals surface area contributed by atoms with Gasteiger partial charge in [-0.1, -0.05) is 0 Å². The fourth-order valence-electron chi connectivity index (χ4n) is 6.83. The summed E-state index contributed by atoms with van der Waals surface area (Å²) >= 11 is 0. The van der Waals surface area contributed by atoms with Crippen molar-refractivity contribution in [1.29, 1.82) is 0 Å². The first kappa shape index (κ1) is 64.6. The normalized spacial score (nSPS) is 13.5. The zero-order valence-electron chi connectivity index (χ0n) is 39.1. The summed E-state index contributed by atoms with van der Waals surface area (Å²) in [5.41, 5.74) is 14.9. The summed E-state index contributed by atoms with van der Waals surface area (Å²) in [6.45, 7) is 1.57. The number of rotatable bonds is 16.